The quantitative estimate of drug-likeness (QED) is 0.252. The van der Waals surface area contributed by atoms with E-state index in [9.17, 15) is 4.79 Å². The zero-order chi connectivity index (χ0) is 27.9. The molecule has 2 aromatic carbocycles. The second-order valence-corrected chi connectivity index (χ2v) is 11.4. The van der Waals surface area contributed by atoms with E-state index < -0.39 is 0 Å². The molecule has 0 unspecified atom stereocenters. The summed E-state index contributed by atoms with van der Waals surface area (Å²) in [5.74, 6) is 2.76. The largest absolute Gasteiger partial charge is 0.383 e. The minimum Gasteiger partial charge on any atom is -0.383 e. The number of hydrogen-bond acceptors (Lipinski definition) is 7. The lowest BCUT2D eigenvalue weighted by Gasteiger charge is -2.24. The van der Waals surface area contributed by atoms with Gasteiger partial charge in [0.2, 0.25) is 0 Å². The molecule has 0 bridgehead atoms. The van der Waals surface area contributed by atoms with Crippen LogP contribution in [0, 0.1) is 17.8 Å². The van der Waals surface area contributed by atoms with Gasteiger partial charge < -0.3 is 20.6 Å². The van der Waals surface area contributed by atoms with Crippen LogP contribution in [0.25, 0.3) is 21.7 Å². The van der Waals surface area contributed by atoms with Crippen molar-refractivity contribution in [2.45, 2.75) is 26.8 Å². The normalized spacial score (nSPS) is 14.2. The Morgan fingerprint density at radius 1 is 1.15 bits per heavy atom. The number of aromatic nitrogens is 2. The van der Waals surface area contributed by atoms with E-state index in [1.54, 1.807) is 24.0 Å². The smallest absolute Gasteiger partial charge is 0.258 e. The molecule has 0 amide bonds. The molecule has 0 saturated heterocycles. The minimum atomic E-state index is -0.332. The third-order valence-corrected chi connectivity index (χ3v) is 6.96. The summed E-state index contributed by atoms with van der Waals surface area (Å²) in [5, 5.41) is 11.9. The lowest BCUT2D eigenvalue weighted by molar-refractivity contribution is 0.326. The fraction of sp³-hybridized carbons (Fsp3) is 0.267. The number of rotatable bonds is 6. The van der Waals surface area contributed by atoms with Crippen molar-refractivity contribution in [2.75, 3.05) is 24.2 Å². The Kier molecular flexibility index (Phi) is 6.89. The van der Waals surface area contributed by atoms with Crippen molar-refractivity contribution >= 4 is 44.7 Å². The van der Waals surface area contributed by atoms with Crippen molar-refractivity contribution in [3.63, 3.8) is 0 Å². The summed E-state index contributed by atoms with van der Waals surface area (Å²) in [5.41, 5.74) is 11.1. The molecule has 0 aliphatic carbocycles. The van der Waals surface area contributed by atoms with E-state index in [1.807, 2.05) is 54.7 Å². The first kappa shape index (κ1) is 26.4. The van der Waals surface area contributed by atoms with Crippen LogP contribution in [0.2, 0.25) is 5.02 Å². The summed E-state index contributed by atoms with van der Waals surface area (Å²) in [4.78, 5) is 17.5. The molecule has 200 valence electrons. The standard InChI is InChI=1S/C30H32ClN7O/c1-7-18-15-32-27-23(26(18)33-17-30(2,3)4)13-19(14-24(27)31)34-28(25-16-38(6)36-35-25)21-9-8-10-22-20(21)11-12-37(5)29(22)39/h1,8-16,28,34-36H,17H2,2-6H3,(H,32,33)/t28-/m0/s1. The van der Waals surface area contributed by atoms with Crippen molar-refractivity contribution in [3.05, 3.63) is 87.2 Å². The summed E-state index contributed by atoms with van der Waals surface area (Å²) in [6.07, 6.45) is 11.3. The number of benzene rings is 2. The van der Waals surface area contributed by atoms with Gasteiger partial charge >= 0.3 is 0 Å². The first-order valence-electron chi connectivity index (χ1n) is 12.7. The molecule has 1 aliphatic heterocycles. The Morgan fingerprint density at radius 3 is 2.64 bits per heavy atom. The number of terminal acetylenes is 1. The van der Waals surface area contributed by atoms with Gasteiger partial charge in [0.25, 0.3) is 5.56 Å². The number of hydrazine groups is 2. The predicted molar refractivity (Wildman–Crippen MR) is 160 cm³/mol. The number of fused-ring (bicyclic) bond motifs is 2. The molecule has 1 atom stereocenters. The molecule has 1 aliphatic rings. The van der Waals surface area contributed by atoms with Gasteiger partial charge in [-0.05, 0) is 40.6 Å². The summed E-state index contributed by atoms with van der Waals surface area (Å²) >= 11 is 6.79. The minimum absolute atomic E-state index is 0.0390. The summed E-state index contributed by atoms with van der Waals surface area (Å²) in [6.45, 7) is 7.20. The average Bonchev–Trinajstić information content (AvgIpc) is 3.33. The van der Waals surface area contributed by atoms with Gasteiger partial charge in [-0.1, -0.05) is 50.4 Å². The van der Waals surface area contributed by atoms with Crippen LogP contribution in [0.1, 0.15) is 37.9 Å². The fourth-order valence-corrected chi connectivity index (χ4v) is 4.98. The number of anilines is 2. The van der Waals surface area contributed by atoms with Gasteiger partial charge in [0.1, 0.15) is 0 Å². The second kappa shape index (κ2) is 10.2. The Bertz CT molecular complexity index is 1710. The van der Waals surface area contributed by atoms with E-state index in [4.69, 9.17) is 18.0 Å². The van der Waals surface area contributed by atoms with E-state index in [1.165, 1.54) is 0 Å². The number of halogens is 1. The van der Waals surface area contributed by atoms with Crippen molar-refractivity contribution in [2.24, 2.45) is 12.5 Å². The van der Waals surface area contributed by atoms with Gasteiger partial charge in [0.15, 0.2) is 0 Å². The number of nitrogens with one attached hydrogen (secondary N) is 4. The Hall–Kier alpha value is -4.19. The van der Waals surface area contributed by atoms with Gasteiger partial charge in [0, 0.05) is 55.7 Å². The van der Waals surface area contributed by atoms with Gasteiger partial charge in [-0.2, -0.15) is 0 Å². The second-order valence-electron chi connectivity index (χ2n) is 11.0. The van der Waals surface area contributed by atoms with Crippen LogP contribution in [-0.2, 0) is 7.05 Å². The van der Waals surface area contributed by atoms with Crippen molar-refractivity contribution in [1.82, 2.24) is 25.5 Å². The number of aryl methyl sites for hydroxylation is 1. The third kappa shape index (κ3) is 5.24. The highest BCUT2D eigenvalue weighted by Gasteiger charge is 2.24. The Labute approximate surface area is 233 Å². The summed E-state index contributed by atoms with van der Waals surface area (Å²) < 4.78 is 1.59. The zero-order valence-electron chi connectivity index (χ0n) is 22.7. The van der Waals surface area contributed by atoms with E-state index >= 15 is 0 Å². The molecule has 0 fully saturated rings. The molecule has 0 saturated carbocycles. The van der Waals surface area contributed by atoms with Crippen LogP contribution >= 0.6 is 11.6 Å². The lowest BCUT2D eigenvalue weighted by atomic mass is 9.96. The molecule has 4 N–H and O–H groups in total. The van der Waals surface area contributed by atoms with Crippen LogP contribution < -0.4 is 27.2 Å². The molecule has 39 heavy (non-hydrogen) atoms. The number of pyridine rings is 2. The molecule has 8 nitrogen and oxygen atoms in total. The maximum atomic E-state index is 12.9. The fourth-order valence-electron chi connectivity index (χ4n) is 4.71. The topological polar surface area (TPSA) is 86.2 Å². The molecule has 4 aromatic rings. The van der Waals surface area contributed by atoms with E-state index in [-0.39, 0.29) is 17.0 Å². The van der Waals surface area contributed by atoms with Crippen LogP contribution in [0.3, 0.4) is 0 Å². The van der Waals surface area contributed by atoms with Gasteiger partial charge in [-0.3, -0.25) is 14.8 Å². The molecule has 0 spiro atoms. The summed E-state index contributed by atoms with van der Waals surface area (Å²) in [7, 11) is 3.66. The lowest BCUT2D eigenvalue weighted by Crippen LogP contribution is -2.35. The zero-order valence-corrected chi connectivity index (χ0v) is 23.4. The van der Waals surface area contributed by atoms with E-state index in [0.717, 1.165) is 40.0 Å². The molecular formula is C30H32ClN7O. The van der Waals surface area contributed by atoms with E-state index in [2.05, 4.69) is 53.3 Å². The highest BCUT2D eigenvalue weighted by molar-refractivity contribution is 6.35. The predicted octanol–water partition coefficient (Wildman–Crippen LogP) is 5.13. The molecule has 0 radical (unpaired) electrons. The Morgan fingerprint density at radius 2 is 1.95 bits per heavy atom. The maximum absolute atomic E-state index is 12.9. The monoisotopic (exact) mass is 541 g/mol. The van der Waals surface area contributed by atoms with Crippen LogP contribution in [0.15, 0.2) is 65.5 Å². The highest BCUT2D eigenvalue weighted by atomic mass is 35.5. The third-order valence-electron chi connectivity index (χ3n) is 6.67. The molecule has 5 rings (SSSR count). The maximum Gasteiger partial charge on any atom is 0.258 e. The molecule has 2 aromatic heterocycles. The van der Waals surface area contributed by atoms with Crippen molar-refractivity contribution in [3.8, 4) is 12.3 Å². The van der Waals surface area contributed by atoms with Crippen molar-refractivity contribution < 1.29 is 0 Å². The first-order valence-corrected chi connectivity index (χ1v) is 13.1. The Balaban J connectivity index is 1.66. The highest BCUT2D eigenvalue weighted by Crippen LogP contribution is 2.37. The van der Waals surface area contributed by atoms with E-state index in [0.29, 0.717) is 21.5 Å². The first-order chi connectivity index (χ1) is 18.6. The number of hydrogen-bond donors (Lipinski definition) is 4. The van der Waals surface area contributed by atoms with Crippen LogP contribution in [0.5, 0.6) is 0 Å². The van der Waals surface area contributed by atoms with Crippen LogP contribution in [0.4, 0.5) is 11.4 Å². The summed E-state index contributed by atoms with van der Waals surface area (Å²) in [6, 6.07) is 11.3. The molecular weight excluding hydrogens is 510 g/mol. The molecule has 3 heterocycles. The van der Waals surface area contributed by atoms with Crippen molar-refractivity contribution in [1.29, 1.82) is 0 Å². The SMILES string of the molecule is C#Cc1cnc2c(Cl)cc(N[C@H](C3=CN(C)NN3)c3cccc4c(=O)n(C)ccc34)cc2c1NCC(C)(C)C. The average molecular weight is 542 g/mol. The van der Waals surface area contributed by atoms with Crippen LogP contribution in [-0.4, -0.2) is 28.2 Å². The van der Waals surface area contributed by atoms with Gasteiger partial charge in [0.05, 0.1) is 33.5 Å². The number of nitrogens with zero attached hydrogens (tertiary/aromatic N) is 3. The molecule has 9 heteroatoms. The van der Waals surface area contributed by atoms with Gasteiger partial charge in [-0.15, -0.1) is 12.0 Å². The van der Waals surface area contributed by atoms with Gasteiger partial charge in [-0.25, -0.2) is 0 Å².